The van der Waals surface area contributed by atoms with Gasteiger partial charge in [0, 0.05) is 12.1 Å². The Kier molecular flexibility index (Phi) is 4.81. The van der Waals surface area contributed by atoms with Crippen molar-refractivity contribution in [3.05, 3.63) is 0 Å². The second-order valence-corrected chi connectivity index (χ2v) is 6.49. The van der Waals surface area contributed by atoms with Gasteiger partial charge >= 0.3 is 0 Å². The second kappa shape index (κ2) is 5.50. The zero-order chi connectivity index (χ0) is 12.3. The van der Waals surface area contributed by atoms with Gasteiger partial charge in [-0.05, 0) is 58.2 Å². The third-order valence-corrected chi connectivity index (χ3v) is 4.51. The number of nitrogens with one attached hydrogen (secondary N) is 1. The molecule has 1 heterocycles. The summed E-state index contributed by atoms with van der Waals surface area (Å²) in [6, 6.07) is 1.25. The van der Waals surface area contributed by atoms with E-state index in [1.165, 1.54) is 25.9 Å². The largest absolute Gasteiger partial charge is 0.316 e. The van der Waals surface area contributed by atoms with Gasteiger partial charge in [0.1, 0.15) is 0 Å². The highest BCUT2D eigenvalue weighted by Gasteiger charge is 2.31. The van der Waals surface area contributed by atoms with Crippen LogP contribution in [0.15, 0.2) is 0 Å². The van der Waals surface area contributed by atoms with Crippen LogP contribution in [0.5, 0.6) is 0 Å². The lowest BCUT2D eigenvalue weighted by Gasteiger charge is -2.42. The molecule has 1 N–H and O–H groups in total. The molecule has 2 atom stereocenters. The fourth-order valence-electron chi connectivity index (χ4n) is 2.73. The maximum Gasteiger partial charge on any atom is 0.0218 e. The van der Waals surface area contributed by atoms with Gasteiger partial charge in [-0.25, -0.2) is 0 Å². The summed E-state index contributed by atoms with van der Waals surface area (Å²) in [5.74, 6) is 0.904. The van der Waals surface area contributed by atoms with Crippen LogP contribution in [0.4, 0.5) is 0 Å². The van der Waals surface area contributed by atoms with E-state index >= 15 is 0 Å². The third-order valence-electron chi connectivity index (χ3n) is 4.51. The number of nitrogens with zero attached hydrogens (tertiary/aromatic N) is 1. The van der Waals surface area contributed by atoms with Gasteiger partial charge in [-0.15, -0.1) is 0 Å². The van der Waals surface area contributed by atoms with E-state index in [-0.39, 0.29) is 0 Å². The van der Waals surface area contributed by atoms with Crippen LogP contribution >= 0.6 is 0 Å². The molecule has 1 saturated heterocycles. The van der Waals surface area contributed by atoms with Crippen LogP contribution in [0.3, 0.4) is 0 Å². The Morgan fingerprint density at radius 3 is 2.00 bits per heavy atom. The van der Waals surface area contributed by atoms with Gasteiger partial charge in [0.15, 0.2) is 0 Å². The van der Waals surface area contributed by atoms with Gasteiger partial charge < -0.3 is 5.32 Å². The smallest absolute Gasteiger partial charge is 0.0218 e. The predicted molar refractivity (Wildman–Crippen MR) is 71.7 cm³/mol. The lowest BCUT2D eigenvalue weighted by Crippen LogP contribution is -2.49. The lowest BCUT2D eigenvalue weighted by molar-refractivity contribution is 0.0776. The summed E-state index contributed by atoms with van der Waals surface area (Å²) in [4.78, 5) is 2.64. The number of hydrogen-bond donors (Lipinski definition) is 1. The van der Waals surface area contributed by atoms with E-state index in [0.717, 1.165) is 5.92 Å². The van der Waals surface area contributed by atoms with E-state index in [9.17, 15) is 0 Å². The second-order valence-electron chi connectivity index (χ2n) is 6.49. The summed E-state index contributed by atoms with van der Waals surface area (Å²) in [5, 5.41) is 3.36. The van der Waals surface area contributed by atoms with Crippen molar-refractivity contribution < 1.29 is 0 Å². The van der Waals surface area contributed by atoms with E-state index in [4.69, 9.17) is 0 Å². The Hall–Kier alpha value is -0.0800. The van der Waals surface area contributed by atoms with Crippen LogP contribution in [0.25, 0.3) is 0 Å². The Bertz CT molecular complexity index is 199. The number of hydrogen-bond acceptors (Lipinski definition) is 2. The molecule has 2 heteroatoms. The fraction of sp³-hybridized carbons (Fsp3) is 1.00. The standard InChI is InChI=1S/C14H30N2/c1-11(15-6)12(2)16-9-7-13(8-10-16)14(3,4)5/h11-13,15H,7-10H2,1-6H3. The molecule has 2 nitrogen and oxygen atoms in total. The molecule has 0 aliphatic carbocycles. The summed E-state index contributed by atoms with van der Waals surface area (Å²) < 4.78 is 0. The Morgan fingerprint density at radius 1 is 1.12 bits per heavy atom. The molecule has 0 spiro atoms. The number of rotatable bonds is 3. The molecule has 0 aromatic heterocycles. The van der Waals surface area contributed by atoms with E-state index in [0.29, 0.717) is 17.5 Å². The Balaban J connectivity index is 2.43. The van der Waals surface area contributed by atoms with Crippen molar-refractivity contribution in [3.63, 3.8) is 0 Å². The first-order valence-electron chi connectivity index (χ1n) is 6.77. The SMILES string of the molecule is CNC(C)C(C)N1CCC(C(C)(C)C)CC1. The van der Waals surface area contributed by atoms with Gasteiger partial charge in [-0.3, -0.25) is 4.90 Å². The summed E-state index contributed by atoms with van der Waals surface area (Å²) >= 11 is 0. The maximum absolute atomic E-state index is 3.36. The molecule has 1 aliphatic heterocycles. The minimum atomic E-state index is 0.490. The van der Waals surface area contributed by atoms with Crippen molar-refractivity contribution in [1.82, 2.24) is 10.2 Å². The molecule has 0 aromatic rings. The molecule has 1 aliphatic rings. The highest BCUT2D eigenvalue weighted by Crippen LogP contribution is 2.34. The number of likely N-dealkylation sites (tertiary alicyclic amines) is 1. The average Bonchev–Trinajstić information content (AvgIpc) is 2.26. The van der Waals surface area contributed by atoms with Crippen molar-refractivity contribution >= 4 is 0 Å². The molecule has 0 aromatic carbocycles. The van der Waals surface area contributed by atoms with E-state index < -0.39 is 0 Å². The fourth-order valence-corrected chi connectivity index (χ4v) is 2.73. The monoisotopic (exact) mass is 226 g/mol. The predicted octanol–water partition coefficient (Wildman–Crippen LogP) is 2.74. The van der Waals surface area contributed by atoms with Crippen LogP contribution in [-0.4, -0.2) is 37.1 Å². The van der Waals surface area contributed by atoms with E-state index in [1.54, 1.807) is 0 Å². The highest BCUT2D eigenvalue weighted by atomic mass is 15.2. The lowest BCUT2D eigenvalue weighted by atomic mass is 9.75. The van der Waals surface area contributed by atoms with Crippen LogP contribution in [0, 0.1) is 11.3 Å². The maximum atomic E-state index is 3.36. The Labute approximate surface area is 102 Å². The normalized spacial score (nSPS) is 24.4. The van der Waals surface area contributed by atoms with Crippen LogP contribution in [0.1, 0.15) is 47.5 Å². The molecular weight excluding hydrogens is 196 g/mol. The topological polar surface area (TPSA) is 15.3 Å². The first-order chi connectivity index (χ1) is 7.36. The van der Waals surface area contributed by atoms with Crippen LogP contribution < -0.4 is 5.32 Å². The quantitative estimate of drug-likeness (QED) is 0.796. The molecule has 0 bridgehead atoms. The van der Waals surface area contributed by atoms with Crippen molar-refractivity contribution in [1.29, 1.82) is 0 Å². The first kappa shape index (κ1) is 14.0. The minimum Gasteiger partial charge on any atom is -0.316 e. The summed E-state index contributed by atoms with van der Waals surface area (Å²) in [6.07, 6.45) is 2.73. The molecular formula is C14H30N2. The molecule has 0 saturated carbocycles. The summed E-state index contributed by atoms with van der Waals surface area (Å²) in [5.41, 5.74) is 0.490. The van der Waals surface area contributed by atoms with Crippen molar-refractivity contribution in [2.45, 2.75) is 59.5 Å². The average molecular weight is 226 g/mol. The van der Waals surface area contributed by atoms with Gasteiger partial charge in [0.25, 0.3) is 0 Å². The van der Waals surface area contributed by atoms with Crippen molar-refractivity contribution in [2.24, 2.45) is 11.3 Å². The molecule has 0 amide bonds. The molecule has 1 fully saturated rings. The van der Waals surface area contributed by atoms with Gasteiger partial charge in [-0.1, -0.05) is 20.8 Å². The van der Waals surface area contributed by atoms with Crippen molar-refractivity contribution in [3.8, 4) is 0 Å². The van der Waals surface area contributed by atoms with Crippen molar-refractivity contribution in [2.75, 3.05) is 20.1 Å². The van der Waals surface area contributed by atoms with Crippen LogP contribution in [-0.2, 0) is 0 Å². The van der Waals surface area contributed by atoms with Gasteiger partial charge in [0.2, 0.25) is 0 Å². The first-order valence-corrected chi connectivity index (χ1v) is 6.77. The number of likely N-dealkylation sites (N-methyl/N-ethyl adjacent to an activating group) is 1. The molecule has 16 heavy (non-hydrogen) atoms. The molecule has 0 radical (unpaired) electrons. The van der Waals surface area contributed by atoms with E-state index in [1.807, 2.05) is 0 Å². The zero-order valence-electron chi connectivity index (χ0n) is 12.0. The van der Waals surface area contributed by atoms with Crippen LogP contribution in [0.2, 0.25) is 0 Å². The van der Waals surface area contributed by atoms with Gasteiger partial charge in [-0.2, -0.15) is 0 Å². The minimum absolute atomic E-state index is 0.490. The third kappa shape index (κ3) is 3.46. The molecule has 1 rings (SSSR count). The molecule has 96 valence electrons. The molecule has 2 unspecified atom stereocenters. The van der Waals surface area contributed by atoms with Gasteiger partial charge in [0.05, 0.1) is 0 Å². The summed E-state index contributed by atoms with van der Waals surface area (Å²) in [6.45, 7) is 14.3. The zero-order valence-corrected chi connectivity index (χ0v) is 12.0. The highest BCUT2D eigenvalue weighted by molar-refractivity contribution is 4.85. The Morgan fingerprint density at radius 2 is 1.62 bits per heavy atom. The number of piperidine rings is 1. The van der Waals surface area contributed by atoms with E-state index in [2.05, 4.69) is 51.9 Å². The summed E-state index contributed by atoms with van der Waals surface area (Å²) in [7, 11) is 2.06.